The van der Waals surface area contributed by atoms with Crippen LogP contribution in [0, 0.1) is 5.92 Å². The van der Waals surface area contributed by atoms with Gasteiger partial charge >= 0.3 is 0 Å². The van der Waals surface area contributed by atoms with Crippen molar-refractivity contribution in [1.82, 2.24) is 4.98 Å². The number of anilines is 1. The van der Waals surface area contributed by atoms with E-state index in [0.29, 0.717) is 10.6 Å². The van der Waals surface area contributed by atoms with Gasteiger partial charge in [-0.25, -0.2) is 13.4 Å². The van der Waals surface area contributed by atoms with Crippen LogP contribution >= 0.6 is 11.3 Å². The number of carbonyl (C=O) groups excluding carboxylic acids is 1. The van der Waals surface area contributed by atoms with Crippen LogP contribution in [0.4, 0.5) is 5.13 Å². The maximum atomic E-state index is 12.3. The lowest BCUT2D eigenvalue weighted by Gasteiger charge is -2.12. The van der Waals surface area contributed by atoms with Gasteiger partial charge in [0.2, 0.25) is 5.91 Å². The lowest BCUT2D eigenvalue weighted by Crippen LogP contribution is -2.22. The molecule has 1 heterocycles. The molecule has 126 valence electrons. The fourth-order valence-electron chi connectivity index (χ4n) is 2.37. The first-order valence-electron chi connectivity index (χ1n) is 7.76. The minimum absolute atomic E-state index is 0.00598. The summed E-state index contributed by atoms with van der Waals surface area (Å²) in [6.45, 7) is 4.12. The third kappa shape index (κ3) is 4.51. The number of thiazole rings is 1. The maximum absolute atomic E-state index is 12.3. The molecule has 2 rings (SSSR count). The Morgan fingerprint density at radius 2 is 2.09 bits per heavy atom. The van der Waals surface area contributed by atoms with E-state index in [1.807, 2.05) is 6.92 Å². The summed E-state index contributed by atoms with van der Waals surface area (Å²) < 4.78 is 24.0. The first-order chi connectivity index (χ1) is 10.8. The Morgan fingerprint density at radius 3 is 2.70 bits per heavy atom. The largest absolute Gasteiger partial charge is 0.302 e. The molecule has 0 aliphatic rings. The van der Waals surface area contributed by atoms with Crippen molar-refractivity contribution in [3.8, 4) is 0 Å². The van der Waals surface area contributed by atoms with Crippen molar-refractivity contribution in [1.29, 1.82) is 0 Å². The highest BCUT2D eigenvalue weighted by atomic mass is 32.2. The Bertz CT molecular complexity index is 797. The standard InChI is InChI=1S/C16H22N2O3S2/c1-4-6-7-11(5-2)15(19)18-16-17-13-9-8-12(23(3,20)21)10-14(13)22-16/h8-11H,4-7H2,1-3H3,(H,17,18,19)/t11-/m1/s1. The molecule has 0 saturated heterocycles. The van der Waals surface area contributed by atoms with E-state index in [1.54, 1.807) is 18.2 Å². The number of carbonyl (C=O) groups is 1. The van der Waals surface area contributed by atoms with Gasteiger partial charge in [0.15, 0.2) is 15.0 Å². The Balaban J connectivity index is 2.19. The van der Waals surface area contributed by atoms with Crippen LogP contribution in [0.3, 0.4) is 0 Å². The Kier molecular flexibility index (Phi) is 5.75. The van der Waals surface area contributed by atoms with E-state index < -0.39 is 9.84 Å². The summed E-state index contributed by atoms with van der Waals surface area (Å²) >= 11 is 1.30. The van der Waals surface area contributed by atoms with E-state index in [1.165, 1.54) is 17.6 Å². The molecule has 0 fully saturated rings. The predicted molar refractivity (Wildman–Crippen MR) is 94.7 cm³/mol. The smallest absolute Gasteiger partial charge is 0.229 e. The molecule has 7 heteroatoms. The number of benzene rings is 1. The highest BCUT2D eigenvalue weighted by molar-refractivity contribution is 7.90. The van der Waals surface area contributed by atoms with E-state index in [0.717, 1.165) is 30.4 Å². The number of hydrogen-bond donors (Lipinski definition) is 1. The molecule has 1 aromatic heterocycles. The van der Waals surface area contributed by atoms with Gasteiger partial charge in [0.1, 0.15) is 0 Å². The first-order valence-corrected chi connectivity index (χ1v) is 10.5. The minimum atomic E-state index is -3.24. The summed E-state index contributed by atoms with van der Waals surface area (Å²) in [4.78, 5) is 16.9. The fraction of sp³-hybridized carbons (Fsp3) is 0.500. The number of unbranched alkanes of at least 4 members (excludes halogenated alkanes) is 1. The molecular weight excluding hydrogens is 332 g/mol. The molecule has 5 nitrogen and oxygen atoms in total. The minimum Gasteiger partial charge on any atom is -0.302 e. The fourth-order valence-corrected chi connectivity index (χ4v) is 4.00. The predicted octanol–water partition coefficient (Wildman–Crippen LogP) is 3.85. The number of aromatic nitrogens is 1. The van der Waals surface area contributed by atoms with E-state index in [4.69, 9.17) is 0 Å². The van der Waals surface area contributed by atoms with E-state index in [2.05, 4.69) is 17.2 Å². The summed E-state index contributed by atoms with van der Waals surface area (Å²) in [6.07, 6.45) is 4.96. The van der Waals surface area contributed by atoms with Gasteiger partial charge in [-0.15, -0.1) is 0 Å². The number of rotatable bonds is 7. The quantitative estimate of drug-likeness (QED) is 0.819. The molecule has 0 aliphatic heterocycles. The Morgan fingerprint density at radius 1 is 1.35 bits per heavy atom. The molecule has 2 aromatic rings. The lowest BCUT2D eigenvalue weighted by molar-refractivity contribution is -0.120. The monoisotopic (exact) mass is 354 g/mol. The molecule has 23 heavy (non-hydrogen) atoms. The van der Waals surface area contributed by atoms with Crippen LogP contribution in [-0.2, 0) is 14.6 Å². The van der Waals surface area contributed by atoms with Gasteiger partial charge in [-0.05, 0) is 31.0 Å². The van der Waals surface area contributed by atoms with Crippen LogP contribution in [0.5, 0.6) is 0 Å². The average Bonchev–Trinajstić information content (AvgIpc) is 2.88. The number of hydrogen-bond acceptors (Lipinski definition) is 5. The molecule has 0 unspecified atom stereocenters. The molecule has 1 N–H and O–H groups in total. The molecule has 0 bridgehead atoms. The summed E-state index contributed by atoms with van der Waals surface area (Å²) in [5.74, 6) is -0.0168. The van der Waals surface area contributed by atoms with Crippen LogP contribution in [0.2, 0.25) is 0 Å². The zero-order valence-electron chi connectivity index (χ0n) is 13.6. The van der Waals surface area contributed by atoms with Gasteiger partial charge in [-0.3, -0.25) is 4.79 Å². The third-order valence-electron chi connectivity index (χ3n) is 3.79. The average molecular weight is 354 g/mol. The van der Waals surface area contributed by atoms with Gasteiger partial charge in [0.25, 0.3) is 0 Å². The van der Waals surface area contributed by atoms with Gasteiger partial charge in [-0.1, -0.05) is 38.0 Å². The number of fused-ring (bicyclic) bond motifs is 1. The lowest BCUT2D eigenvalue weighted by atomic mass is 9.99. The van der Waals surface area contributed by atoms with E-state index >= 15 is 0 Å². The molecule has 1 amide bonds. The summed E-state index contributed by atoms with van der Waals surface area (Å²) in [7, 11) is -3.24. The van der Waals surface area contributed by atoms with Crippen molar-refractivity contribution in [2.75, 3.05) is 11.6 Å². The van der Waals surface area contributed by atoms with Crippen LogP contribution in [0.15, 0.2) is 23.1 Å². The van der Waals surface area contributed by atoms with Crippen LogP contribution in [0.25, 0.3) is 10.2 Å². The molecule has 0 saturated carbocycles. The van der Waals surface area contributed by atoms with Gasteiger partial charge in [0.05, 0.1) is 15.1 Å². The van der Waals surface area contributed by atoms with Crippen LogP contribution in [0.1, 0.15) is 39.5 Å². The number of nitrogens with zero attached hydrogens (tertiary/aromatic N) is 1. The zero-order valence-corrected chi connectivity index (χ0v) is 15.3. The van der Waals surface area contributed by atoms with Crippen molar-refractivity contribution in [3.63, 3.8) is 0 Å². The van der Waals surface area contributed by atoms with Gasteiger partial charge in [0, 0.05) is 12.2 Å². The van der Waals surface area contributed by atoms with Crippen LogP contribution in [-0.4, -0.2) is 25.6 Å². The van der Waals surface area contributed by atoms with Gasteiger partial charge in [-0.2, -0.15) is 0 Å². The number of amides is 1. The topological polar surface area (TPSA) is 76.1 Å². The molecular formula is C16H22N2O3S2. The van der Waals surface area contributed by atoms with Crippen LogP contribution < -0.4 is 5.32 Å². The number of nitrogens with one attached hydrogen (secondary N) is 1. The van der Waals surface area contributed by atoms with Gasteiger partial charge < -0.3 is 5.32 Å². The SMILES string of the molecule is CCCC[C@@H](CC)C(=O)Nc1nc2ccc(S(C)(=O)=O)cc2s1. The zero-order chi connectivity index (χ0) is 17.0. The molecule has 0 radical (unpaired) electrons. The molecule has 0 aliphatic carbocycles. The number of sulfone groups is 1. The second-order valence-electron chi connectivity index (χ2n) is 5.66. The molecule has 0 spiro atoms. The maximum Gasteiger partial charge on any atom is 0.229 e. The summed E-state index contributed by atoms with van der Waals surface area (Å²) in [5, 5.41) is 3.39. The second kappa shape index (κ2) is 7.40. The summed E-state index contributed by atoms with van der Waals surface area (Å²) in [5.41, 5.74) is 0.694. The normalized spacial score (nSPS) is 13.2. The van der Waals surface area contributed by atoms with Crippen molar-refractivity contribution in [2.45, 2.75) is 44.4 Å². The van der Waals surface area contributed by atoms with Crippen molar-refractivity contribution < 1.29 is 13.2 Å². The van der Waals surface area contributed by atoms with E-state index in [-0.39, 0.29) is 16.7 Å². The van der Waals surface area contributed by atoms with Crippen molar-refractivity contribution in [2.24, 2.45) is 5.92 Å². The third-order valence-corrected chi connectivity index (χ3v) is 5.83. The summed E-state index contributed by atoms with van der Waals surface area (Å²) in [6, 6.07) is 4.82. The van der Waals surface area contributed by atoms with Crippen molar-refractivity contribution >= 4 is 42.4 Å². The van der Waals surface area contributed by atoms with Crippen molar-refractivity contribution in [3.05, 3.63) is 18.2 Å². The molecule has 1 atom stereocenters. The second-order valence-corrected chi connectivity index (χ2v) is 8.70. The highest BCUT2D eigenvalue weighted by Crippen LogP contribution is 2.29. The van der Waals surface area contributed by atoms with E-state index in [9.17, 15) is 13.2 Å². The molecule has 1 aromatic carbocycles. The first kappa shape index (κ1) is 17.9. The Labute approximate surface area is 141 Å². The highest BCUT2D eigenvalue weighted by Gasteiger charge is 2.18. The Hall–Kier alpha value is -1.47.